The van der Waals surface area contributed by atoms with Crippen LogP contribution in [0.4, 0.5) is 11.4 Å². The average molecular weight is 292 g/mol. The molecule has 2 rings (SSSR count). The van der Waals surface area contributed by atoms with Gasteiger partial charge in [-0.3, -0.25) is 0 Å². The van der Waals surface area contributed by atoms with Crippen LogP contribution in [-0.2, 0) is 9.47 Å². The van der Waals surface area contributed by atoms with Gasteiger partial charge >= 0.3 is 5.97 Å². The molecule has 0 radical (unpaired) electrons. The maximum atomic E-state index is 12.0. The number of ether oxygens (including phenoxy) is 2. The van der Waals surface area contributed by atoms with Crippen molar-refractivity contribution in [1.82, 2.24) is 0 Å². The Morgan fingerprint density at radius 3 is 2.90 bits per heavy atom. The molecule has 1 aliphatic rings. The summed E-state index contributed by atoms with van der Waals surface area (Å²) in [7, 11) is 0. The van der Waals surface area contributed by atoms with Crippen LogP contribution in [0, 0.1) is 0 Å². The van der Waals surface area contributed by atoms with Crippen LogP contribution in [0.5, 0.6) is 0 Å². The van der Waals surface area contributed by atoms with Crippen molar-refractivity contribution in [3.63, 3.8) is 0 Å². The molecule has 1 fully saturated rings. The van der Waals surface area contributed by atoms with Gasteiger partial charge in [0.2, 0.25) is 0 Å². The number of morpholine rings is 1. The molecule has 0 amide bonds. The van der Waals surface area contributed by atoms with E-state index in [0.717, 1.165) is 18.7 Å². The van der Waals surface area contributed by atoms with Crippen LogP contribution in [0.2, 0.25) is 0 Å². The number of para-hydroxylation sites is 1. The Morgan fingerprint density at radius 1 is 1.48 bits per heavy atom. The minimum absolute atomic E-state index is 0.151. The zero-order valence-electron chi connectivity index (χ0n) is 13.0. The summed E-state index contributed by atoms with van der Waals surface area (Å²) in [4.78, 5) is 14.2. The number of benzene rings is 1. The molecule has 0 saturated carbocycles. The van der Waals surface area contributed by atoms with Crippen molar-refractivity contribution >= 4 is 17.3 Å². The summed E-state index contributed by atoms with van der Waals surface area (Å²) < 4.78 is 10.8. The second kappa shape index (κ2) is 6.80. The highest BCUT2D eigenvalue weighted by molar-refractivity contribution is 5.98. The number of hydrogen-bond donors (Lipinski definition) is 1. The first-order valence-electron chi connectivity index (χ1n) is 7.52. The molecule has 1 saturated heterocycles. The monoisotopic (exact) mass is 292 g/mol. The van der Waals surface area contributed by atoms with Gasteiger partial charge in [0.15, 0.2) is 0 Å². The second-order valence-corrected chi connectivity index (χ2v) is 5.32. The fourth-order valence-corrected chi connectivity index (χ4v) is 2.67. The van der Waals surface area contributed by atoms with Gasteiger partial charge in [0.05, 0.1) is 42.3 Å². The number of carbonyl (C=O) groups is 1. The molecule has 0 aromatic heterocycles. The minimum Gasteiger partial charge on any atom is -0.462 e. The molecule has 21 heavy (non-hydrogen) atoms. The largest absolute Gasteiger partial charge is 0.462 e. The molecule has 1 aliphatic heterocycles. The van der Waals surface area contributed by atoms with Crippen molar-refractivity contribution in [1.29, 1.82) is 0 Å². The van der Waals surface area contributed by atoms with Crippen LogP contribution >= 0.6 is 0 Å². The average Bonchev–Trinajstić information content (AvgIpc) is 2.47. The molecule has 1 aromatic carbocycles. The third-order valence-corrected chi connectivity index (χ3v) is 3.83. The lowest BCUT2D eigenvalue weighted by atomic mass is 10.1. The number of esters is 1. The molecular formula is C16H24N2O3. The van der Waals surface area contributed by atoms with Crippen LogP contribution in [0.15, 0.2) is 18.2 Å². The maximum Gasteiger partial charge on any atom is 0.340 e. The van der Waals surface area contributed by atoms with Gasteiger partial charge in [-0.1, -0.05) is 13.0 Å². The summed E-state index contributed by atoms with van der Waals surface area (Å²) in [6.07, 6.45) is 1.12. The van der Waals surface area contributed by atoms with Gasteiger partial charge in [0.25, 0.3) is 0 Å². The number of nitrogen functional groups attached to an aromatic ring is 1. The van der Waals surface area contributed by atoms with Gasteiger partial charge in [-0.15, -0.1) is 0 Å². The Kier molecular flexibility index (Phi) is 5.07. The van der Waals surface area contributed by atoms with E-state index in [1.807, 2.05) is 19.1 Å². The molecule has 5 heteroatoms. The highest BCUT2D eigenvalue weighted by atomic mass is 16.5. The summed E-state index contributed by atoms with van der Waals surface area (Å²) >= 11 is 0. The Morgan fingerprint density at radius 2 is 2.24 bits per heavy atom. The highest BCUT2D eigenvalue weighted by Crippen LogP contribution is 2.31. The van der Waals surface area contributed by atoms with Crippen LogP contribution in [0.25, 0.3) is 0 Å². The SMILES string of the molecule is CCOC(=O)c1cccc(N2CC(C)OCC2CC)c1N. The van der Waals surface area contributed by atoms with Crippen molar-refractivity contribution < 1.29 is 14.3 Å². The molecule has 0 bridgehead atoms. The number of carbonyl (C=O) groups excluding carboxylic acids is 1. The Hall–Kier alpha value is -1.75. The van der Waals surface area contributed by atoms with Crippen LogP contribution < -0.4 is 10.6 Å². The molecular weight excluding hydrogens is 268 g/mol. The van der Waals surface area contributed by atoms with E-state index in [1.54, 1.807) is 13.0 Å². The Labute approximate surface area is 126 Å². The third-order valence-electron chi connectivity index (χ3n) is 3.83. The second-order valence-electron chi connectivity index (χ2n) is 5.32. The summed E-state index contributed by atoms with van der Waals surface area (Å²) in [6, 6.07) is 5.80. The lowest BCUT2D eigenvalue weighted by Gasteiger charge is -2.40. The van der Waals surface area contributed by atoms with Gasteiger partial charge in [-0.2, -0.15) is 0 Å². The standard InChI is InChI=1S/C16H24N2O3/c1-4-12-10-21-11(3)9-18(12)14-8-6-7-13(15(14)17)16(19)20-5-2/h6-8,11-12H,4-5,9-10,17H2,1-3H3. The van der Waals surface area contributed by atoms with Gasteiger partial charge in [0.1, 0.15) is 0 Å². The highest BCUT2D eigenvalue weighted by Gasteiger charge is 2.28. The first-order valence-corrected chi connectivity index (χ1v) is 7.52. The predicted molar refractivity (Wildman–Crippen MR) is 83.6 cm³/mol. The molecule has 0 aliphatic carbocycles. The number of rotatable bonds is 4. The van der Waals surface area contributed by atoms with Crippen LogP contribution in [0.1, 0.15) is 37.6 Å². The van der Waals surface area contributed by atoms with Crippen molar-refractivity contribution in [2.75, 3.05) is 30.4 Å². The topological polar surface area (TPSA) is 64.8 Å². The van der Waals surface area contributed by atoms with E-state index in [4.69, 9.17) is 15.2 Å². The molecule has 5 nitrogen and oxygen atoms in total. The predicted octanol–water partition coefficient (Wildman–Crippen LogP) is 2.45. The van der Waals surface area contributed by atoms with E-state index < -0.39 is 0 Å². The molecule has 116 valence electrons. The summed E-state index contributed by atoms with van der Waals surface area (Å²) in [6.45, 7) is 7.76. The third kappa shape index (κ3) is 3.29. The quantitative estimate of drug-likeness (QED) is 0.682. The van der Waals surface area contributed by atoms with E-state index in [0.29, 0.717) is 24.5 Å². The van der Waals surface area contributed by atoms with Crippen LogP contribution in [0.3, 0.4) is 0 Å². The first-order chi connectivity index (χ1) is 10.1. The zero-order chi connectivity index (χ0) is 15.4. The number of hydrogen-bond acceptors (Lipinski definition) is 5. The Balaban J connectivity index is 2.34. The maximum absolute atomic E-state index is 12.0. The number of anilines is 2. The summed E-state index contributed by atoms with van der Waals surface area (Å²) in [5, 5.41) is 0. The van der Waals surface area contributed by atoms with Crippen molar-refractivity contribution in [3.8, 4) is 0 Å². The molecule has 1 aromatic rings. The lowest BCUT2D eigenvalue weighted by molar-refractivity contribution is 0.0300. The van der Waals surface area contributed by atoms with Crippen molar-refractivity contribution in [2.45, 2.75) is 39.3 Å². The fourth-order valence-electron chi connectivity index (χ4n) is 2.67. The molecule has 2 N–H and O–H groups in total. The van der Waals surface area contributed by atoms with E-state index in [1.165, 1.54) is 0 Å². The number of nitrogens with two attached hydrogens (primary N) is 1. The van der Waals surface area contributed by atoms with Gasteiger partial charge in [-0.25, -0.2) is 4.79 Å². The van der Waals surface area contributed by atoms with Gasteiger partial charge in [-0.05, 0) is 32.4 Å². The summed E-state index contributed by atoms with van der Waals surface area (Å²) in [5.74, 6) is -0.369. The lowest BCUT2D eigenvalue weighted by Crippen LogP contribution is -2.49. The smallest absolute Gasteiger partial charge is 0.340 e. The zero-order valence-corrected chi connectivity index (χ0v) is 13.0. The number of nitrogens with zero attached hydrogens (tertiary/aromatic N) is 1. The van der Waals surface area contributed by atoms with E-state index in [-0.39, 0.29) is 18.1 Å². The molecule has 2 unspecified atom stereocenters. The fraction of sp³-hybridized carbons (Fsp3) is 0.562. The van der Waals surface area contributed by atoms with Crippen LogP contribution in [-0.4, -0.2) is 37.9 Å². The molecule has 0 spiro atoms. The van der Waals surface area contributed by atoms with E-state index >= 15 is 0 Å². The molecule has 1 heterocycles. The van der Waals surface area contributed by atoms with Crippen molar-refractivity contribution in [2.24, 2.45) is 0 Å². The Bertz CT molecular complexity index is 504. The normalized spacial score (nSPS) is 22.1. The molecule has 2 atom stereocenters. The first kappa shape index (κ1) is 15.6. The minimum atomic E-state index is -0.369. The van der Waals surface area contributed by atoms with Crippen molar-refractivity contribution in [3.05, 3.63) is 23.8 Å². The van der Waals surface area contributed by atoms with Gasteiger partial charge in [0, 0.05) is 6.54 Å². The van der Waals surface area contributed by atoms with E-state index in [9.17, 15) is 4.79 Å². The van der Waals surface area contributed by atoms with Gasteiger partial charge < -0.3 is 20.1 Å². The van der Waals surface area contributed by atoms with E-state index in [2.05, 4.69) is 11.8 Å². The summed E-state index contributed by atoms with van der Waals surface area (Å²) in [5.41, 5.74) is 8.04.